The molecule has 5 nitrogen and oxygen atoms in total. The fraction of sp³-hybridized carbons (Fsp3) is 0.818. The summed E-state index contributed by atoms with van der Waals surface area (Å²) in [6, 6.07) is 0.268. The summed E-state index contributed by atoms with van der Waals surface area (Å²) in [5.41, 5.74) is 0. The van der Waals surface area contributed by atoms with Crippen LogP contribution in [0.5, 0.6) is 0 Å². The summed E-state index contributed by atoms with van der Waals surface area (Å²) in [5, 5.41) is 17.3. The second-order valence-electron chi connectivity index (χ2n) is 4.14. The number of hydrogen-bond donors (Lipinski definition) is 2. The topological polar surface area (TPSA) is 77.8 Å². The highest BCUT2D eigenvalue weighted by atomic mass is 16.4. The molecule has 1 fully saturated rings. The zero-order valence-electron chi connectivity index (χ0n) is 9.39. The Labute approximate surface area is 95.1 Å². The first-order valence-corrected chi connectivity index (χ1v) is 5.77. The van der Waals surface area contributed by atoms with Gasteiger partial charge in [0.05, 0.1) is 6.61 Å². The van der Waals surface area contributed by atoms with Crippen LogP contribution in [0.1, 0.15) is 38.5 Å². The maximum atomic E-state index is 11.8. The molecule has 0 radical (unpaired) electrons. The summed E-state index contributed by atoms with van der Waals surface area (Å²) >= 11 is 0. The Balaban J connectivity index is 2.31. The molecule has 0 heterocycles. The third kappa shape index (κ3) is 3.81. The Bertz CT molecular complexity index is 250. The van der Waals surface area contributed by atoms with E-state index in [2.05, 4.69) is 0 Å². The molecule has 1 saturated carbocycles. The molecular weight excluding hydrogens is 210 g/mol. The maximum Gasteiger partial charge on any atom is 0.303 e. The summed E-state index contributed by atoms with van der Waals surface area (Å²) in [6.07, 6.45) is 3.82. The van der Waals surface area contributed by atoms with Gasteiger partial charge in [-0.15, -0.1) is 0 Å². The summed E-state index contributed by atoms with van der Waals surface area (Å²) in [6.45, 7) is 0.345. The second-order valence-corrected chi connectivity index (χ2v) is 4.14. The normalized spacial score (nSPS) is 15.6. The van der Waals surface area contributed by atoms with E-state index in [0.29, 0.717) is 13.0 Å². The van der Waals surface area contributed by atoms with Gasteiger partial charge in [0.1, 0.15) is 0 Å². The van der Waals surface area contributed by atoms with Gasteiger partial charge in [0.15, 0.2) is 0 Å². The third-order valence-electron chi connectivity index (χ3n) is 2.96. The van der Waals surface area contributed by atoms with Crippen LogP contribution in [-0.4, -0.2) is 46.2 Å². The van der Waals surface area contributed by atoms with Gasteiger partial charge in [-0.25, -0.2) is 0 Å². The van der Waals surface area contributed by atoms with E-state index in [1.54, 1.807) is 4.90 Å². The van der Waals surface area contributed by atoms with Crippen molar-refractivity contribution in [3.05, 3.63) is 0 Å². The molecule has 0 aromatic heterocycles. The van der Waals surface area contributed by atoms with Gasteiger partial charge in [0.2, 0.25) is 5.91 Å². The lowest BCUT2D eigenvalue weighted by molar-refractivity contribution is -0.138. The van der Waals surface area contributed by atoms with Gasteiger partial charge in [-0.1, -0.05) is 0 Å². The minimum absolute atomic E-state index is 0.0266. The van der Waals surface area contributed by atoms with E-state index in [4.69, 9.17) is 10.2 Å². The lowest BCUT2D eigenvalue weighted by Crippen LogP contribution is -2.45. The van der Waals surface area contributed by atoms with E-state index >= 15 is 0 Å². The Morgan fingerprint density at radius 1 is 1.25 bits per heavy atom. The molecule has 1 rings (SSSR count). The Hall–Kier alpha value is -1.10. The minimum atomic E-state index is -0.870. The molecule has 0 bridgehead atoms. The number of carboxylic acids is 1. The van der Waals surface area contributed by atoms with Crippen molar-refractivity contribution in [2.45, 2.75) is 44.6 Å². The maximum absolute atomic E-state index is 11.8. The van der Waals surface area contributed by atoms with Crippen molar-refractivity contribution in [2.75, 3.05) is 13.2 Å². The van der Waals surface area contributed by atoms with Crippen LogP contribution in [0, 0.1) is 0 Å². The van der Waals surface area contributed by atoms with Crippen molar-refractivity contribution < 1.29 is 19.8 Å². The number of aliphatic hydroxyl groups excluding tert-OH is 1. The zero-order valence-corrected chi connectivity index (χ0v) is 9.39. The molecule has 1 amide bonds. The molecule has 0 atom stereocenters. The van der Waals surface area contributed by atoms with Crippen LogP contribution in [0.15, 0.2) is 0 Å². The highest BCUT2D eigenvalue weighted by molar-refractivity contribution is 5.77. The molecule has 92 valence electrons. The van der Waals surface area contributed by atoms with E-state index < -0.39 is 5.97 Å². The lowest BCUT2D eigenvalue weighted by atomic mass is 9.91. The number of amides is 1. The number of rotatable bonds is 7. The second kappa shape index (κ2) is 6.48. The van der Waals surface area contributed by atoms with Gasteiger partial charge in [0, 0.05) is 25.4 Å². The Morgan fingerprint density at radius 2 is 1.94 bits per heavy atom. The number of nitrogens with zero attached hydrogens (tertiary/aromatic N) is 1. The zero-order chi connectivity index (χ0) is 12.0. The average Bonchev–Trinajstić information content (AvgIpc) is 2.13. The van der Waals surface area contributed by atoms with Gasteiger partial charge in [-0.05, 0) is 25.7 Å². The molecule has 0 aromatic rings. The number of carboxylic acid groups (broad SMARTS) is 1. The SMILES string of the molecule is O=C(O)CCCC(=O)N(CCO)C1CCC1. The predicted molar refractivity (Wildman–Crippen MR) is 57.9 cm³/mol. The smallest absolute Gasteiger partial charge is 0.303 e. The van der Waals surface area contributed by atoms with Crippen molar-refractivity contribution in [3.8, 4) is 0 Å². The molecule has 1 aliphatic carbocycles. The van der Waals surface area contributed by atoms with Crippen molar-refractivity contribution in [2.24, 2.45) is 0 Å². The third-order valence-corrected chi connectivity index (χ3v) is 2.96. The van der Waals surface area contributed by atoms with Gasteiger partial charge < -0.3 is 15.1 Å². The Kier molecular flexibility index (Phi) is 5.25. The Morgan fingerprint density at radius 3 is 2.38 bits per heavy atom. The van der Waals surface area contributed by atoms with Crippen LogP contribution < -0.4 is 0 Å². The molecule has 2 N–H and O–H groups in total. The summed E-state index contributed by atoms with van der Waals surface area (Å²) in [7, 11) is 0. The van der Waals surface area contributed by atoms with E-state index in [-0.39, 0.29) is 31.4 Å². The van der Waals surface area contributed by atoms with Gasteiger partial charge in [-0.3, -0.25) is 9.59 Å². The number of hydrogen-bond acceptors (Lipinski definition) is 3. The van der Waals surface area contributed by atoms with Crippen LogP contribution in [0.2, 0.25) is 0 Å². The van der Waals surface area contributed by atoms with E-state index in [0.717, 1.165) is 19.3 Å². The standard InChI is InChI=1S/C11H19NO4/c13-8-7-12(9-3-1-4-9)10(14)5-2-6-11(15)16/h9,13H,1-8H2,(H,15,16). The largest absolute Gasteiger partial charge is 0.481 e. The molecule has 0 aromatic carbocycles. The van der Waals surface area contributed by atoms with Crippen molar-refractivity contribution in [1.82, 2.24) is 4.90 Å². The highest BCUT2D eigenvalue weighted by Gasteiger charge is 2.27. The molecule has 1 aliphatic rings. The summed E-state index contributed by atoms with van der Waals surface area (Å²) in [5.74, 6) is -0.898. The fourth-order valence-corrected chi connectivity index (χ4v) is 1.85. The van der Waals surface area contributed by atoms with Crippen molar-refractivity contribution in [3.63, 3.8) is 0 Å². The van der Waals surface area contributed by atoms with Crippen molar-refractivity contribution >= 4 is 11.9 Å². The first-order valence-electron chi connectivity index (χ1n) is 5.77. The predicted octanol–water partition coefficient (Wildman–Crippen LogP) is 0.615. The van der Waals surface area contributed by atoms with E-state index in [9.17, 15) is 9.59 Å². The summed E-state index contributed by atoms with van der Waals surface area (Å²) < 4.78 is 0. The minimum Gasteiger partial charge on any atom is -0.481 e. The number of aliphatic carboxylic acids is 1. The molecule has 0 aliphatic heterocycles. The molecule has 0 unspecified atom stereocenters. The van der Waals surface area contributed by atoms with Crippen molar-refractivity contribution in [1.29, 1.82) is 0 Å². The molecule has 16 heavy (non-hydrogen) atoms. The van der Waals surface area contributed by atoms with E-state index in [1.807, 2.05) is 0 Å². The van der Waals surface area contributed by atoms with Crippen LogP contribution in [0.3, 0.4) is 0 Å². The fourth-order valence-electron chi connectivity index (χ4n) is 1.85. The molecule has 5 heteroatoms. The first kappa shape index (κ1) is 13.0. The first-order chi connectivity index (χ1) is 7.65. The average molecular weight is 229 g/mol. The number of aliphatic hydroxyl groups is 1. The van der Waals surface area contributed by atoms with Crippen LogP contribution in [-0.2, 0) is 9.59 Å². The van der Waals surface area contributed by atoms with Gasteiger partial charge in [0.25, 0.3) is 0 Å². The summed E-state index contributed by atoms with van der Waals surface area (Å²) in [4.78, 5) is 23.8. The molecule has 0 saturated heterocycles. The van der Waals surface area contributed by atoms with Gasteiger partial charge in [-0.2, -0.15) is 0 Å². The quantitative estimate of drug-likeness (QED) is 0.670. The lowest BCUT2D eigenvalue weighted by Gasteiger charge is -2.37. The van der Waals surface area contributed by atoms with Crippen LogP contribution in [0.4, 0.5) is 0 Å². The molecule has 0 spiro atoms. The number of carbonyl (C=O) groups is 2. The van der Waals surface area contributed by atoms with E-state index in [1.165, 1.54) is 0 Å². The van der Waals surface area contributed by atoms with Gasteiger partial charge >= 0.3 is 5.97 Å². The van der Waals surface area contributed by atoms with Crippen LogP contribution in [0.25, 0.3) is 0 Å². The monoisotopic (exact) mass is 229 g/mol. The highest BCUT2D eigenvalue weighted by Crippen LogP contribution is 2.25. The molecular formula is C11H19NO4. The number of carbonyl (C=O) groups excluding carboxylic acids is 1. The van der Waals surface area contributed by atoms with Crippen LogP contribution >= 0.6 is 0 Å².